The molecule has 0 saturated carbocycles. The predicted molar refractivity (Wildman–Crippen MR) is 111 cm³/mol. The fraction of sp³-hybridized carbons (Fsp3) is 0.273. The van der Waals surface area contributed by atoms with Crippen molar-refractivity contribution in [2.75, 3.05) is 0 Å². The number of carbonyl (C=O) groups is 1. The summed E-state index contributed by atoms with van der Waals surface area (Å²) in [6.45, 7) is 4.04. The highest BCUT2D eigenvalue weighted by Crippen LogP contribution is 2.32. The Morgan fingerprint density at radius 3 is 2.93 bits per heavy atom. The number of rotatable bonds is 3. The number of hydrazone groups is 1. The van der Waals surface area contributed by atoms with Crippen LogP contribution in [0, 0.1) is 5.92 Å². The number of nitrogens with zero attached hydrogens (tertiary/aromatic N) is 1. The molecule has 1 unspecified atom stereocenters. The van der Waals surface area contributed by atoms with Gasteiger partial charge in [-0.3, -0.25) is 4.79 Å². The van der Waals surface area contributed by atoms with Crippen LogP contribution >= 0.6 is 11.3 Å². The molecule has 4 nitrogen and oxygen atoms in total. The van der Waals surface area contributed by atoms with Crippen molar-refractivity contribution < 1.29 is 9.90 Å². The van der Waals surface area contributed by atoms with Crippen LogP contribution in [-0.2, 0) is 12.8 Å². The summed E-state index contributed by atoms with van der Waals surface area (Å²) in [5, 5.41) is 16.5. The Kier molecular flexibility index (Phi) is 4.70. The molecule has 3 aromatic rings. The van der Waals surface area contributed by atoms with E-state index in [0.717, 1.165) is 23.6 Å². The lowest BCUT2D eigenvalue weighted by Gasteiger charge is -2.16. The minimum absolute atomic E-state index is 0.184. The molecule has 1 amide bonds. The number of hydrogen-bond donors (Lipinski definition) is 2. The zero-order valence-corrected chi connectivity index (χ0v) is 16.3. The van der Waals surface area contributed by atoms with Crippen LogP contribution in [0.2, 0.25) is 0 Å². The highest BCUT2D eigenvalue weighted by atomic mass is 32.1. The highest BCUT2D eigenvalue weighted by molar-refractivity contribution is 7.14. The maximum Gasteiger partial charge on any atom is 0.281 e. The van der Waals surface area contributed by atoms with E-state index in [1.807, 2.05) is 42.5 Å². The molecule has 1 aromatic heterocycles. The molecule has 1 heterocycles. The van der Waals surface area contributed by atoms with Crippen LogP contribution in [0.5, 0.6) is 5.75 Å². The van der Waals surface area contributed by atoms with Crippen LogP contribution in [0.4, 0.5) is 0 Å². The third kappa shape index (κ3) is 3.47. The van der Waals surface area contributed by atoms with Gasteiger partial charge in [0.05, 0.1) is 10.6 Å². The first-order valence-electron chi connectivity index (χ1n) is 9.20. The van der Waals surface area contributed by atoms with Crippen molar-refractivity contribution in [3.63, 3.8) is 0 Å². The first-order chi connectivity index (χ1) is 13.0. The predicted octanol–water partition coefficient (Wildman–Crippen LogP) is 4.89. The van der Waals surface area contributed by atoms with Crippen LogP contribution < -0.4 is 5.43 Å². The van der Waals surface area contributed by atoms with Gasteiger partial charge < -0.3 is 5.11 Å². The summed E-state index contributed by atoms with van der Waals surface area (Å²) < 4.78 is 0. The van der Waals surface area contributed by atoms with E-state index in [1.54, 1.807) is 18.3 Å². The van der Waals surface area contributed by atoms with E-state index in [4.69, 9.17) is 0 Å². The monoisotopic (exact) mass is 378 g/mol. The summed E-state index contributed by atoms with van der Waals surface area (Å²) in [5.41, 5.74) is 5.13. The number of phenols is 1. The smallest absolute Gasteiger partial charge is 0.281 e. The second-order valence-electron chi connectivity index (χ2n) is 7.23. The number of phenolic OH excluding ortho intramolecular Hbond substituents is 1. The Bertz CT molecular complexity index is 1050. The highest BCUT2D eigenvalue weighted by Gasteiger charge is 2.20. The molecule has 27 heavy (non-hydrogen) atoms. The minimum Gasteiger partial charge on any atom is -0.507 e. The van der Waals surface area contributed by atoms with Gasteiger partial charge in [-0.15, -0.1) is 11.3 Å². The van der Waals surface area contributed by atoms with Crippen LogP contribution in [0.25, 0.3) is 10.8 Å². The number of hydrogen-bond acceptors (Lipinski definition) is 4. The van der Waals surface area contributed by atoms with E-state index in [0.29, 0.717) is 22.1 Å². The summed E-state index contributed by atoms with van der Waals surface area (Å²) >= 11 is 1.57. The summed E-state index contributed by atoms with van der Waals surface area (Å²) in [6, 6.07) is 13.4. The van der Waals surface area contributed by atoms with Crippen molar-refractivity contribution in [2.45, 2.75) is 33.1 Å². The van der Waals surface area contributed by atoms with Crippen LogP contribution in [-0.4, -0.2) is 16.7 Å². The molecule has 5 heteroatoms. The molecule has 0 aliphatic heterocycles. The summed E-state index contributed by atoms with van der Waals surface area (Å²) in [4.78, 5) is 14.5. The Morgan fingerprint density at radius 1 is 1.26 bits per heavy atom. The summed E-state index contributed by atoms with van der Waals surface area (Å²) in [7, 11) is 0. The maximum atomic E-state index is 12.5. The van der Waals surface area contributed by atoms with Gasteiger partial charge in [0.1, 0.15) is 5.75 Å². The molecule has 0 radical (unpaired) electrons. The number of aromatic hydroxyl groups is 1. The topological polar surface area (TPSA) is 61.7 Å². The molecule has 4 rings (SSSR count). The average Bonchev–Trinajstić information content (AvgIpc) is 3.09. The van der Waals surface area contributed by atoms with E-state index in [2.05, 4.69) is 17.5 Å². The standard InChI is InChI=1S/C22H22N2O2S/c1-13-7-10-19-16(11-13)12-20(27-19)22(26)24-23-14(2)17-9-8-15-5-3-4-6-18(15)21(17)25/h3-6,8-9,12-13,25H,7,10-11H2,1-2H3,(H,24,26). The van der Waals surface area contributed by atoms with E-state index in [-0.39, 0.29) is 11.7 Å². The molecule has 0 saturated heterocycles. The lowest BCUT2D eigenvalue weighted by Crippen LogP contribution is -2.18. The number of amides is 1. The Labute approximate surface area is 162 Å². The van der Waals surface area contributed by atoms with Gasteiger partial charge in [0.25, 0.3) is 5.91 Å². The van der Waals surface area contributed by atoms with Gasteiger partial charge in [-0.25, -0.2) is 5.43 Å². The Balaban J connectivity index is 1.54. The van der Waals surface area contributed by atoms with Crippen LogP contribution in [0.15, 0.2) is 47.6 Å². The fourth-order valence-corrected chi connectivity index (χ4v) is 4.71. The minimum atomic E-state index is -0.193. The van der Waals surface area contributed by atoms with Gasteiger partial charge >= 0.3 is 0 Å². The molecule has 0 fully saturated rings. The molecule has 138 valence electrons. The zero-order chi connectivity index (χ0) is 19.0. The van der Waals surface area contributed by atoms with Crippen LogP contribution in [0.1, 0.15) is 45.9 Å². The van der Waals surface area contributed by atoms with E-state index < -0.39 is 0 Å². The first kappa shape index (κ1) is 17.7. The lowest BCUT2D eigenvalue weighted by atomic mass is 9.90. The van der Waals surface area contributed by atoms with Crippen molar-refractivity contribution in [1.82, 2.24) is 5.43 Å². The van der Waals surface area contributed by atoms with Gasteiger partial charge in [-0.2, -0.15) is 5.10 Å². The molecule has 1 aliphatic rings. The van der Waals surface area contributed by atoms with Crippen molar-refractivity contribution in [3.05, 3.63) is 63.3 Å². The zero-order valence-electron chi connectivity index (χ0n) is 15.5. The lowest BCUT2D eigenvalue weighted by molar-refractivity contribution is 0.0958. The number of carbonyl (C=O) groups excluding carboxylic acids is 1. The van der Waals surface area contributed by atoms with Gasteiger partial charge in [0.15, 0.2) is 0 Å². The summed E-state index contributed by atoms with van der Waals surface area (Å²) in [5.74, 6) is 0.671. The fourth-order valence-electron chi connectivity index (χ4n) is 3.61. The molecule has 0 bridgehead atoms. The first-order valence-corrected chi connectivity index (χ1v) is 10.0. The number of fused-ring (bicyclic) bond motifs is 2. The van der Waals surface area contributed by atoms with Crippen LogP contribution in [0.3, 0.4) is 0 Å². The molecule has 2 aromatic carbocycles. The molecule has 1 aliphatic carbocycles. The number of nitrogens with one attached hydrogen (secondary N) is 1. The second-order valence-corrected chi connectivity index (χ2v) is 8.36. The third-order valence-corrected chi connectivity index (χ3v) is 6.40. The molecule has 1 atom stereocenters. The Hall–Kier alpha value is -2.66. The maximum absolute atomic E-state index is 12.5. The molecular formula is C22H22N2O2S. The largest absolute Gasteiger partial charge is 0.507 e. The van der Waals surface area contributed by atoms with Crippen molar-refractivity contribution in [2.24, 2.45) is 11.0 Å². The second kappa shape index (κ2) is 7.16. The van der Waals surface area contributed by atoms with E-state index >= 15 is 0 Å². The number of benzene rings is 2. The number of aryl methyl sites for hydroxylation is 1. The Morgan fingerprint density at radius 2 is 2.07 bits per heavy atom. The summed E-state index contributed by atoms with van der Waals surface area (Å²) in [6.07, 6.45) is 3.29. The quantitative estimate of drug-likeness (QED) is 0.504. The molecule has 2 N–H and O–H groups in total. The average molecular weight is 378 g/mol. The van der Waals surface area contributed by atoms with Crippen molar-refractivity contribution in [1.29, 1.82) is 0 Å². The van der Waals surface area contributed by atoms with Gasteiger partial charge in [-0.1, -0.05) is 37.3 Å². The van der Waals surface area contributed by atoms with Crippen molar-refractivity contribution >= 4 is 33.7 Å². The van der Waals surface area contributed by atoms with Gasteiger partial charge in [0.2, 0.25) is 0 Å². The van der Waals surface area contributed by atoms with E-state index in [9.17, 15) is 9.90 Å². The SMILES string of the molecule is CC(=NNC(=O)c1cc2c(s1)CCC(C)C2)c1ccc2ccccc2c1O. The molecule has 0 spiro atoms. The molecular weight excluding hydrogens is 356 g/mol. The normalized spacial score (nSPS) is 17.0. The third-order valence-electron chi connectivity index (χ3n) is 5.17. The van der Waals surface area contributed by atoms with Gasteiger partial charge in [0, 0.05) is 15.8 Å². The van der Waals surface area contributed by atoms with Gasteiger partial charge in [-0.05, 0) is 55.2 Å². The van der Waals surface area contributed by atoms with E-state index in [1.165, 1.54) is 16.9 Å². The number of thiophene rings is 1. The van der Waals surface area contributed by atoms with Crippen molar-refractivity contribution in [3.8, 4) is 5.75 Å².